The van der Waals surface area contributed by atoms with Crippen LogP contribution in [0.4, 0.5) is 14.9 Å². The molecular weight excluding hydrogens is 269 g/mol. The first-order valence-electron chi connectivity index (χ1n) is 7.10. The molecule has 4 nitrogen and oxygen atoms in total. The number of likely N-dealkylation sites (tertiary alicyclic amines) is 1. The summed E-state index contributed by atoms with van der Waals surface area (Å²) in [4.78, 5) is 14.2. The van der Waals surface area contributed by atoms with Gasteiger partial charge in [-0.2, -0.15) is 0 Å². The van der Waals surface area contributed by atoms with Crippen molar-refractivity contribution in [2.75, 3.05) is 11.9 Å². The molecule has 1 aliphatic heterocycles. The Morgan fingerprint density at radius 3 is 2.81 bits per heavy atom. The van der Waals surface area contributed by atoms with Crippen molar-refractivity contribution in [1.29, 1.82) is 0 Å². The van der Waals surface area contributed by atoms with Gasteiger partial charge in [-0.3, -0.25) is 0 Å². The summed E-state index contributed by atoms with van der Waals surface area (Å²) < 4.78 is 15.7. The molecule has 1 aromatic carbocycles. The molecular formula is C16H18FN3O. The van der Waals surface area contributed by atoms with E-state index in [0.717, 1.165) is 18.5 Å². The van der Waals surface area contributed by atoms with E-state index >= 15 is 0 Å². The van der Waals surface area contributed by atoms with Crippen molar-refractivity contribution in [3.8, 4) is 0 Å². The number of carbonyl (C=O) groups is 1. The molecule has 0 radical (unpaired) electrons. The van der Waals surface area contributed by atoms with Crippen molar-refractivity contribution in [2.45, 2.75) is 18.9 Å². The number of hydrogen-bond acceptors (Lipinski definition) is 1. The molecule has 1 aliphatic rings. The van der Waals surface area contributed by atoms with Crippen molar-refractivity contribution in [3.63, 3.8) is 0 Å². The van der Waals surface area contributed by atoms with E-state index in [1.54, 1.807) is 23.1 Å². The summed E-state index contributed by atoms with van der Waals surface area (Å²) >= 11 is 0. The fourth-order valence-electron chi connectivity index (χ4n) is 2.89. The van der Waals surface area contributed by atoms with Crippen LogP contribution in [0.25, 0.3) is 0 Å². The van der Waals surface area contributed by atoms with Gasteiger partial charge in [-0.25, -0.2) is 9.18 Å². The van der Waals surface area contributed by atoms with Gasteiger partial charge in [-0.05, 0) is 37.1 Å². The molecule has 110 valence electrons. The first-order chi connectivity index (χ1) is 10.2. The van der Waals surface area contributed by atoms with Crippen LogP contribution >= 0.6 is 0 Å². The Morgan fingerprint density at radius 1 is 1.29 bits per heavy atom. The highest BCUT2D eigenvalue weighted by Gasteiger charge is 2.31. The molecule has 0 saturated carbocycles. The fraction of sp³-hybridized carbons (Fsp3) is 0.312. The minimum atomic E-state index is -0.416. The number of aryl methyl sites for hydroxylation is 1. The van der Waals surface area contributed by atoms with Gasteiger partial charge in [0.15, 0.2) is 0 Å². The van der Waals surface area contributed by atoms with Crippen LogP contribution < -0.4 is 5.32 Å². The minimum Gasteiger partial charge on any atom is -0.353 e. The number of benzene rings is 1. The standard InChI is InChI=1S/C16H18FN3O/c1-19-10-4-8-14(19)15-9-5-11-20(15)16(21)18-13-7-3-2-6-12(13)17/h2-4,6-8,10,15H,5,9,11H2,1H3,(H,18,21). The SMILES string of the molecule is Cn1cccc1C1CCCN1C(=O)Nc1ccccc1F. The highest BCUT2D eigenvalue weighted by Crippen LogP contribution is 2.32. The van der Waals surface area contributed by atoms with Crippen LogP contribution in [-0.4, -0.2) is 22.0 Å². The molecule has 5 heteroatoms. The van der Waals surface area contributed by atoms with Crippen LogP contribution in [0.1, 0.15) is 24.6 Å². The number of aromatic nitrogens is 1. The van der Waals surface area contributed by atoms with E-state index in [0.29, 0.717) is 6.54 Å². The van der Waals surface area contributed by atoms with Gasteiger partial charge < -0.3 is 14.8 Å². The number of carbonyl (C=O) groups excluding carboxylic acids is 1. The third-order valence-corrected chi connectivity index (χ3v) is 3.95. The van der Waals surface area contributed by atoms with Crippen LogP contribution in [0.5, 0.6) is 0 Å². The monoisotopic (exact) mass is 287 g/mol. The van der Waals surface area contributed by atoms with E-state index in [4.69, 9.17) is 0 Å². The molecule has 2 aromatic rings. The topological polar surface area (TPSA) is 37.3 Å². The molecule has 1 aromatic heterocycles. The Morgan fingerprint density at radius 2 is 2.10 bits per heavy atom. The first-order valence-corrected chi connectivity index (χ1v) is 7.10. The van der Waals surface area contributed by atoms with Crippen molar-refractivity contribution < 1.29 is 9.18 Å². The Balaban J connectivity index is 1.78. The zero-order valence-corrected chi connectivity index (χ0v) is 11.9. The quantitative estimate of drug-likeness (QED) is 0.901. The summed E-state index contributed by atoms with van der Waals surface area (Å²) in [5.41, 5.74) is 1.33. The van der Waals surface area contributed by atoms with Crippen LogP contribution in [-0.2, 0) is 7.05 Å². The molecule has 1 N–H and O–H groups in total. The van der Waals surface area contributed by atoms with E-state index in [9.17, 15) is 9.18 Å². The van der Waals surface area contributed by atoms with Gasteiger partial charge in [0.1, 0.15) is 5.82 Å². The molecule has 1 fully saturated rings. The average molecular weight is 287 g/mol. The number of rotatable bonds is 2. The van der Waals surface area contributed by atoms with E-state index in [1.807, 2.05) is 29.9 Å². The van der Waals surface area contributed by atoms with E-state index in [-0.39, 0.29) is 17.8 Å². The van der Waals surface area contributed by atoms with Gasteiger partial charge in [0.05, 0.1) is 11.7 Å². The highest BCUT2D eigenvalue weighted by molar-refractivity contribution is 5.89. The number of nitrogens with one attached hydrogen (secondary N) is 1. The molecule has 3 rings (SSSR count). The predicted molar refractivity (Wildman–Crippen MR) is 79.5 cm³/mol. The molecule has 0 spiro atoms. The lowest BCUT2D eigenvalue weighted by Gasteiger charge is -2.25. The van der Waals surface area contributed by atoms with Crippen LogP contribution in [0.15, 0.2) is 42.6 Å². The Hall–Kier alpha value is -2.30. The Kier molecular flexibility index (Phi) is 3.64. The summed E-state index contributed by atoms with van der Waals surface area (Å²) in [5, 5.41) is 2.67. The number of urea groups is 1. The fourth-order valence-corrected chi connectivity index (χ4v) is 2.89. The summed E-state index contributed by atoms with van der Waals surface area (Å²) in [6.45, 7) is 0.691. The molecule has 0 bridgehead atoms. The Labute approximate surface area is 123 Å². The number of halogens is 1. The number of nitrogens with zero attached hydrogens (tertiary/aromatic N) is 2. The van der Waals surface area contributed by atoms with Gasteiger partial charge in [-0.15, -0.1) is 0 Å². The third-order valence-electron chi connectivity index (χ3n) is 3.95. The second-order valence-electron chi connectivity index (χ2n) is 5.31. The highest BCUT2D eigenvalue weighted by atomic mass is 19.1. The summed E-state index contributed by atoms with van der Waals surface area (Å²) in [5.74, 6) is -0.416. The maximum absolute atomic E-state index is 13.6. The van der Waals surface area contributed by atoms with Gasteiger partial charge >= 0.3 is 6.03 Å². The van der Waals surface area contributed by atoms with Gasteiger partial charge in [0.25, 0.3) is 0 Å². The van der Waals surface area contributed by atoms with Gasteiger partial charge in [0.2, 0.25) is 0 Å². The molecule has 0 aliphatic carbocycles. The van der Waals surface area contributed by atoms with Crippen LogP contribution in [0.2, 0.25) is 0 Å². The number of amides is 2. The normalized spacial score (nSPS) is 18.0. The van der Waals surface area contributed by atoms with E-state index in [2.05, 4.69) is 5.32 Å². The molecule has 1 unspecified atom stereocenters. The Bertz CT molecular complexity index is 652. The third kappa shape index (κ3) is 2.63. The second-order valence-corrected chi connectivity index (χ2v) is 5.31. The molecule has 2 heterocycles. The zero-order valence-electron chi connectivity index (χ0n) is 11.9. The van der Waals surface area contributed by atoms with Crippen molar-refractivity contribution in [2.24, 2.45) is 7.05 Å². The molecule has 1 atom stereocenters. The molecule has 1 saturated heterocycles. The maximum Gasteiger partial charge on any atom is 0.322 e. The zero-order chi connectivity index (χ0) is 14.8. The van der Waals surface area contributed by atoms with Gasteiger partial charge in [-0.1, -0.05) is 12.1 Å². The van der Waals surface area contributed by atoms with Crippen molar-refractivity contribution in [3.05, 3.63) is 54.1 Å². The van der Waals surface area contributed by atoms with Crippen LogP contribution in [0, 0.1) is 5.82 Å². The lowest BCUT2D eigenvalue weighted by molar-refractivity contribution is 0.205. The maximum atomic E-state index is 13.6. The minimum absolute atomic E-state index is 0.0526. The van der Waals surface area contributed by atoms with Crippen molar-refractivity contribution >= 4 is 11.7 Å². The largest absolute Gasteiger partial charge is 0.353 e. The van der Waals surface area contributed by atoms with E-state index in [1.165, 1.54) is 6.07 Å². The molecule has 2 amide bonds. The number of para-hydroxylation sites is 1. The lowest BCUT2D eigenvalue weighted by Crippen LogP contribution is -2.35. The number of hydrogen-bond donors (Lipinski definition) is 1. The second kappa shape index (κ2) is 5.60. The number of anilines is 1. The summed E-state index contributed by atoms with van der Waals surface area (Å²) in [6, 6.07) is 10.0. The summed E-state index contributed by atoms with van der Waals surface area (Å²) in [6.07, 6.45) is 3.86. The smallest absolute Gasteiger partial charge is 0.322 e. The first kappa shape index (κ1) is 13.7. The molecule has 21 heavy (non-hydrogen) atoms. The predicted octanol–water partition coefficient (Wildman–Crippen LogP) is 3.53. The van der Waals surface area contributed by atoms with Crippen molar-refractivity contribution in [1.82, 2.24) is 9.47 Å². The summed E-state index contributed by atoms with van der Waals surface area (Å²) in [7, 11) is 1.97. The van der Waals surface area contributed by atoms with Crippen LogP contribution in [0.3, 0.4) is 0 Å². The van der Waals surface area contributed by atoms with Gasteiger partial charge in [0, 0.05) is 25.5 Å². The average Bonchev–Trinajstić information content (AvgIpc) is 3.09. The lowest BCUT2D eigenvalue weighted by atomic mass is 10.1. The van der Waals surface area contributed by atoms with E-state index < -0.39 is 5.82 Å².